The predicted octanol–water partition coefficient (Wildman–Crippen LogP) is 3.22. The fourth-order valence-electron chi connectivity index (χ4n) is 3.35. The van der Waals surface area contributed by atoms with Crippen molar-refractivity contribution < 1.29 is 19.2 Å². The van der Waals surface area contributed by atoms with Gasteiger partial charge in [-0.1, -0.05) is 17.7 Å². The summed E-state index contributed by atoms with van der Waals surface area (Å²) in [5, 5.41) is 11.5. The lowest BCUT2D eigenvalue weighted by atomic mass is 10.1. The first kappa shape index (κ1) is 20.9. The number of hydrogen-bond donors (Lipinski definition) is 0. The molecule has 154 valence electrons. The van der Waals surface area contributed by atoms with E-state index in [-0.39, 0.29) is 22.2 Å². The number of nitro benzene ring substituents is 1. The highest BCUT2D eigenvalue weighted by Gasteiger charge is 2.27. The molecule has 0 atom stereocenters. The lowest BCUT2D eigenvalue weighted by molar-refractivity contribution is -0.385. The zero-order chi connectivity index (χ0) is 21.0. The molecule has 0 aromatic heterocycles. The van der Waals surface area contributed by atoms with Gasteiger partial charge < -0.3 is 14.4 Å². The van der Waals surface area contributed by atoms with Gasteiger partial charge in [-0.05, 0) is 29.8 Å². The highest BCUT2D eigenvalue weighted by atomic mass is 35.5. The van der Waals surface area contributed by atoms with Gasteiger partial charge >= 0.3 is 0 Å². The molecule has 8 nitrogen and oxygen atoms in total. The van der Waals surface area contributed by atoms with Gasteiger partial charge in [0.15, 0.2) is 11.5 Å². The molecule has 1 aliphatic heterocycles. The second-order valence-corrected chi connectivity index (χ2v) is 7.11. The van der Waals surface area contributed by atoms with Gasteiger partial charge in [0, 0.05) is 43.8 Å². The summed E-state index contributed by atoms with van der Waals surface area (Å²) in [5.41, 5.74) is 0.874. The van der Waals surface area contributed by atoms with Crippen LogP contribution in [0.15, 0.2) is 36.4 Å². The van der Waals surface area contributed by atoms with E-state index >= 15 is 0 Å². The summed E-state index contributed by atoms with van der Waals surface area (Å²) in [5.74, 6) is 1.00. The number of benzene rings is 2. The van der Waals surface area contributed by atoms with Crippen molar-refractivity contribution >= 4 is 23.2 Å². The van der Waals surface area contributed by atoms with E-state index < -0.39 is 4.92 Å². The number of piperazine rings is 1. The van der Waals surface area contributed by atoms with Gasteiger partial charge in [0.25, 0.3) is 11.6 Å². The first-order valence-corrected chi connectivity index (χ1v) is 9.47. The second kappa shape index (κ2) is 9.11. The van der Waals surface area contributed by atoms with Gasteiger partial charge in [0.05, 0.1) is 19.1 Å². The SMILES string of the molecule is COc1ccc(CN2CCN(C(=O)c3ccc(Cl)cc3[N+](=O)[O-])CC2)cc1OC. The van der Waals surface area contributed by atoms with Crippen molar-refractivity contribution in [3.63, 3.8) is 0 Å². The summed E-state index contributed by atoms with van der Waals surface area (Å²) in [6, 6.07) is 9.91. The van der Waals surface area contributed by atoms with Crippen LogP contribution in [0.25, 0.3) is 0 Å². The number of nitro groups is 1. The molecule has 0 aliphatic carbocycles. The summed E-state index contributed by atoms with van der Waals surface area (Å²) in [7, 11) is 3.20. The van der Waals surface area contributed by atoms with Gasteiger partial charge in [-0.3, -0.25) is 19.8 Å². The van der Waals surface area contributed by atoms with Gasteiger partial charge in [-0.2, -0.15) is 0 Å². The molecule has 2 aromatic rings. The fraction of sp³-hybridized carbons (Fsp3) is 0.350. The highest BCUT2D eigenvalue weighted by Crippen LogP contribution is 2.28. The quantitative estimate of drug-likeness (QED) is 0.528. The zero-order valence-electron chi connectivity index (χ0n) is 16.3. The van der Waals surface area contributed by atoms with Crippen LogP contribution in [-0.4, -0.2) is 61.0 Å². The first-order valence-electron chi connectivity index (χ1n) is 9.09. The van der Waals surface area contributed by atoms with Crippen LogP contribution in [0.4, 0.5) is 5.69 Å². The van der Waals surface area contributed by atoms with Crippen molar-refractivity contribution in [3.8, 4) is 11.5 Å². The monoisotopic (exact) mass is 419 g/mol. The number of halogens is 1. The average molecular weight is 420 g/mol. The van der Waals surface area contributed by atoms with Crippen LogP contribution < -0.4 is 9.47 Å². The smallest absolute Gasteiger partial charge is 0.283 e. The topological polar surface area (TPSA) is 85.2 Å². The van der Waals surface area contributed by atoms with Crippen molar-refractivity contribution in [1.82, 2.24) is 9.80 Å². The van der Waals surface area contributed by atoms with Gasteiger partial charge in [0.2, 0.25) is 0 Å². The predicted molar refractivity (Wildman–Crippen MR) is 109 cm³/mol. The molecular weight excluding hydrogens is 398 g/mol. The largest absolute Gasteiger partial charge is 0.493 e. The van der Waals surface area contributed by atoms with E-state index in [1.165, 1.54) is 18.2 Å². The Morgan fingerprint density at radius 2 is 1.76 bits per heavy atom. The molecule has 1 heterocycles. The fourth-order valence-corrected chi connectivity index (χ4v) is 3.52. The van der Waals surface area contributed by atoms with Crippen molar-refractivity contribution in [2.24, 2.45) is 0 Å². The summed E-state index contributed by atoms with van der Waals surface area (Å²) >= 11 is 5.84. The van der Waals surface area contributed by atoms with Crippen LogP contribution in [0.1, 0.15) is 15.9 Å². The van der Waals surface area contributed by atoms with Crippen LogP contribution in [0.5, 0.6) is 11.5 Å². The van der Waals surface area contributed by atoms with Crippen molar-refractivity contribution in [2.45, 2.75) is 6.54 Å². The van der Waals surface area contributed by atoms with Gasteiger partial charge in [-0.25, -0.2) is 0 Å². The Kier molecular flexibility index (Phi) is 6.56. The normalized spacial score (nSPS) is 14.5. The number of rotatable bonds is 6. The number of nitrogens with zero attached hydrogens (tertiary/aromatic N) is 3. The molecule has 1 saturated heterocycles. The van der Waals surface area contributed by atoms with Gasteiger partial charge in [0.1, 0.15) is 5.56 Å². The third kappa shape index (κ3) is 4.78. The molecule has 29 heavy (non-hydrogen) atoms. The van der Waals surface area contributed by atoms with E-state index in [2.05, 4.69) is 4.90 Å². The maximum atomic E-state index is 12.8. The Hall–Kier alpha value is -2.84. The molecule has 1 amide bonds. The minimum Gasteiger partial charge on any atom is -0.493 e. The van der Waals surface area contributed by atoms with Crippen LogP contribution in [0.2, 0.25) is 5.02 Å². The average Bonchev–Trinajstić information content (AvgIpc) is 2.73. The Morgan fingerprint density at radius 3 is 2.38 bits per heavy atom. The van der Waals surface area contributed by atoms with E-state index in [1.807, 2.05) is 18.2 Å². The molecule has 2 aromatic carbocycles. The number of amides is 1. The minimum atomic E-state index is -0.577. The molecule has 0 bridgehead atoms. The number of hydrogen-bond acceptors (Lipinski definition) is 6. The van der Waals surface area contributed by atoms with Gasteiger partial charge in [-0.15, -0.1) is 0 Å². The van der Waals surface area contributed by atoms with Crippen molar-refractivity contribution in [1.29, 1.82) is 0 Å². The van der Waals surface area contributed by atoms with Crippen molar-refractivity contribution in [2.75, 3.05) is 40.4 Å². The maximum absolute atomic E-state index is 12.8. The number of ether oxygens (including phenoxy) is 2. The van der Waals surface area contributed by atoms with Crippen LogP contribution in [-0.2, 0) is 6.54 Å². The van der Waals surface area contributed by atoms with Crippen LogP contribution >= 0.6 is 11.6 Å². The second-order valence-electron chi connectivity index (χ2n) is 6.68. The molecule has 1 aliphatic rings. The molecule has 0 spiro atoms. The van der Waals surface area contributed by atoms with E-state index in [1.54, 1.807) is 19.1 Å². The van der Waals surface area contributed by atoms with E-state index in [9.17, 15) is 14.9 Å². The maximum Gasteiger partial charge on any atom is 0.283 e. The van der Waals surface area contributed by atoms with E-state index in [0.717, 1.165) is 5.56 Å². The third-order valence-corrected chi connectivity index (χ3v) is 5.14. The Morgan fingerprint density at radius 1 is 1.07 bits per heavy atom. The molecule has 0 saturated carbocycles. The summed E-state index contributed by atoms with van der Waals surface area (Å²) < 4.78 is 10.6. The summed E-state index contributed by atoms with van der Waals surface area (Å²) in [4.78, 5) is 27.3. The lowest BCUT2D eigenvalue weighted by Gasteiger charge is -2.34. The minimum absolute atomic E-state index is 0.0627. The third-order valence-electron chi connectivity index (χ3n) is 4.90. The number of methoxy groups -OCH3 is 2. The Bertz CT molecular complexity index is 913. The number of carbonyl (C=O) groups excluding carboxylic acids is 1. The summed E-state index contributed by atoms with van der Waals surface area (Å²) in [6.07, 6.45) is 0. The molecule has 0 radical (unpaired) electrons. The summed E-state index contributed by atoms with van der Waals surface area (Å²) in [6.45, 7) is 3.03. The molecular formula is C20H22ClN3O5. The Labute approximate surface area is 173 Å². The van der Waals surface area contributed by atoms with E-state index in [4.69, 9.17) is 21.1 Å². The molecule has 0 unspecified atom stereocenters. The lowest BCUT2D eigenvalue weighted by Crippen LogP contribution is -2.48. The van der Waals surface area contributed by atoms with Crippen LogP contribution in [0.3, 0.4) is 0 Å². The molecule has 0 N–H and O–H groups in total. The molecule has 1 fully saturated rings. The zero-order valence-corrected chi connectivity index (χ0v) is 17.0. The standard InChI is InChI=1S/C20H22ClN3O5/c1-28-18-6-3-14(11-19(18)29-2)13-22-7-9-23(10-8-22)20(25)16-5-4-15(21)12-17(16)24(26)27/h3-6,11-12H,7-10,13H2,1-2H3. The molecule has 9 heteroatoms. The van der Waals surface area contributed by atoms with E-state index in [0.29, 0.717) is 44.2 Å². The molecule has 3 rings (SSSR count). The van der Waals surface area contributed by atoms with Crippen molar-refractivity contribution in [3.05, 3.63) is 62.7 Å². The first-order chi connectivity index (χ1) is 13.9. The van der Waals surface area contributed by atoms with Crippen LogP contribution in [0, 0.1) is 10.1 Å². The highest BCUT2D eigenvalue weighted by molar-refractivity contribution is 6.31. The Balaban J connectivity index is 1.64. The number of carbonyl (C=O) groups is 1.